The molecule has 1 N–H and O–H groups in total. The maximum atomic E-state index is 13.0. The van der Waals surface area contributed by atoms with Crippen molar-refractivity contribution in [1.29, 1.82) is 0 Å². The Hall–Kier alpha value is -1.24. The van der Waals surface area contributed by atoms with Crippen LogP contribution in [0.3, 0.4) is 0 Å². The summed E-state index contributed by atoms with van der Waals surface area (Å²) in [6.45, 7) is 4.25. The molecule has 0 spiro atoms. The lowest BCUT2D eigenvalue weighted by Gasteiger charge is -2.36. The number of nitrogens with zero attached hydrogens (tertiary/aromatic N) is 2. The van der Waals surface area contributed by atoms with E-state index in [0.29, 0.717) is 17.3 Å². The largest absolute Gasteiger partial charge is 1.00 e. The fourth-order valence-corrected chi connectivity index (χ4v) is 3.04. The molecule has 0 saturated carbocycles. The number of aliphatic hydroxyl groups excluding tert-OH is 1. The third-order valence-electron chi connectivity index (χ3n) is 4.29. The molecule has 1 heterocycles. The zero-order valence-corrected chi connectivity index (χ0v) is 17.0. The van der Waals surface area contributed by atoms with Crippen LogP contribution >= 0.6 is 11.6 Å². The first-order valence-corrected chi connectivity index (χ1v) is 8.77. The summed E-state index contributed by atoms with van der Waals surface area (Å²) in [6.07, 6.45) is -0.548. The molecular formula is C19H22Cl3FN2O2-2. The Morgan fingerprint density at radius 3 is 2.15 bits per heavy atom. The summed E-state index contributed by atoms with van der Waals surface area (Å²) in [5.74, 6) is 0.482. The van der Waals surface area contributed by atoms with Gasteiger partial charge in [0.25, 0.3) is 0 Å². The van der Waals surface area contributed by atoms with Crippen molar-refractivity contribution in [3.63, 3.8) is 0 Å². The average molecular weight is 436 g/mol. The van der Waals surface area contributed by atoms with Gasteiger partial charge in [0.2, 0.25) is 0 Å². The summed E-state index contributed by atoms with van der Waals surface area (Å²) in [6, 6.07) is 13.7. The van der Waals surface area contributed by atoms with Crippen molar-refractivity contribution >= 4 is 17.3 Å². The molecule has 1 saturated heterocycles. The minimum atomic E-state index is -0.548. The summed E-state index contributed by atoms with van der Waals surface area (Å²) < 4.78 is 18.6. The molecule has 1 atom stereocenters. The quantitative estimate of drug-likeness (QED) is 0.526. The number of piperazine rings is 1. The molecule has 0 amide bonds. The van der Waals surface area contributed by atoms with Gasteiger partial charge < -0.3 is 39.6 Å². The van der Waals surface area contributed by atoms with E-state index in [4.69, 9.17) is 16.3 Å². The molecule has 1 fully saturated rings. The monoisotopic (exact) mass is 434 g/mol. The van der Waals surface area contributed by atoms with E-state index < -0.39 is 6.10 Å². The molecule has 2 aromatic rings. The second-order valence-corrected chi connectivity index (χ2v) is 6.62. The molecule has 27 heavy (non-hydrogen) atoms. The molecule has 0 aliphatic carbocycles. The number of anilines is 1. The number of rotatable bonds is 6. The van der Waals surface area contributed by atoms with Crippen LogP contribution in [0.2, 0.25) is 5.02 Å². The Balaban J connectivity index is 0.00000182. The van der Waals surface area contributed by atoms with Crippen molar-refractivity contribution in [1.82, 2.24) is 4.90 Å². The number of aliphatic hydroxyl groups is 1. The molecule has 8 heteroatoms. The van der Waals surface area contributed by atoms with Gasteiger partial charge in [-0.15, -0.1) is 0 Å². The first-order valence-electron chi connectivity index (χ1n) is 8.39. The molecule has 3 rings (SSSR count). The van der Waals surface area contributed by atoms with Gasteiger partial charge in [-0.3, -0.25) is 4.90 Å². The van der Waals surface area contributed by atoms with Gasteiger partial charge in [0.15, 0.2) is 0 Å². The van der Waals surface area contributed by atoms with E-state index in [-0.39, 0.29) is 37.2 Å². The van der Waals surface area contributed by atoms with E-state index >= 15 is 0 Å². The Labute approximate surface area is 176 Å². The highest BCUT2D eigenvalue weighted by Gasteiger charge is 2.19. The van der Waals surface area contributed by atoms with E-state index in [1.165, 1.54) is 12.1 Å². The number of halogens is 4. The van der Waals surface area contributed by atoms with Gasteiger partial charge in [-0.2, -0.15) is 0 Å². The van der Waals surface area contributed by atoms with Crippen molar-refractivity contribution in [2.75, 3.05) is 44.2 Å². The highest BCUT2D eigenvalue weighted by atomic mass is 35.5. The molecule has 0 bridgehead atoms. The van der Waals surface area contributed by atoms with Crippen LogP contribution in [0.15, 0.2) is 48.5 Å². The number of β-amino-alcohol motifs (C(OH)–C–C–N with tert-alkyl or cyclic N) is 1. The van der Waals surface area contributed by atoms with Crippen LogP contribution < -0.4 is 34.5 Å². The van der Waals surface area contributed by atoms with Gasteiger partial charge in [-0.1, -0.05) is 11.6 Å². The Kier molecular flexibility index (Phi) is 10.2. The number of benzene rings is 2. The van der Waals surface area contributed by atoms with Crippen molar-refractivity contribution in [3.05, 3.63) is 59.4 Å². The number of hydrogen-bond donors (Lipinski definition) is 1. The van der Waals surface area contributed by atoms with E-state index in [1.807, 2.05) is 0 Å². The highest BCUT2D eigenvalue weighted by Crippen LogP contribution is 2.18. The smallest absolute Gasteiger partial charge is 0.123 e. The third-order valence-corrected chi connectivity index (χ3v) is 4.54. The second kappa shape index (κ2) is 11.6. The van der Waals surface area contributed by atoms with Crippen LogP contribution in [0.4, 0.5) is 10.1 Å². The molecule has 1 unspecified atom stereocenters. The fraction of sp³-hybridized carbons (Fsp3) is 0.368. The van der Waals surface area contributed by atoms with Crippen LogP contribution in [-0.2, 0) is 0 Å². The lowest BCUT2D eigenvalue weighted by molar-refractivity contribution is -0.00100. The van der Waals surface area contributed by atoms with Gasteiger partial charge in [-0.05, 0) is 48.5 Å². The van der Waals surface area contributed by atoms with E-state index in [2.05, 4.69) is 9.80 Å². The zero-order valence-electron chi connectivity index (χ0n) is 14.7. The molecular weight excluding hydrogens is 414 g/mol. The third kappa shape index (κ3) is 7.35. The molecule has 1 aliphatic rings. The number of hydrogen-bond acceptors (Lipinski definition) is 4. The van der Waals surface area contributed by atoms with Gasteiger partial charge >= 0.3 is 0 Å². The SMILES string of the molecule is OC(COc1ccc(Cl)cc1)CN1CCN(c2ccc(F)cc2)CC1.[Cl-].[Cl-]. The van der Waals surface area contributed by atoms with Gasteiger partial charge in [0, 0.05) is 43.4 Å². The molecule has 1 aliphatic heterocycles. The Bertz CT molecular complexity index is 666. The average Bonchev–Trinajstić information content (AvgIpc) is 2.63. The maximum absolute atomic E-state index is 13.0. The highest BCUT2D eigenvalue weighted by molar-refractivity contribution is 6.30. The first-order chi connectivity index (χ1) is 12.1. The van der Waals surface area contributed by atoms with Crippen LogP contribution in [0.25, 0.3) is 0 Å². The van der Waals surface area contributed by atoms with E-state index in [1.54, 1.807) is 36.4 Å². The van der Waals surface area contributed by atoms with Crippen LogP contribution in [0.1, 0.15) is 0 Å². The summed E-state index contributed by atoms with van der Waals surface area (Å²) in [7, 11) is 0. The predicted molar refractivity (Wildman–Crippen MR) is 98.0 cm³/mol. The second-order valence-electron chi connectivity index (χ2n) is 6.18. The van der Waals surface area contributed by atoms with Crippen molar-refractivity contribution in [2.45, 2.75) is 6.10 Å². The topological polar surface area (TPSA) is 35.9 Å². The van der Waals surface area contributed by atoms with Gasteiger partial charge in [0.1, 0.15) is 24.3 Å². The maximum Gasteiger partial charge on any atom is 0.123 e. The predicted octanol–water partition coefficient (Wildman–Crippen LogP) is -2.95. The van der Waals surface area contributed by atoms with Crippen molar-refractivity contribution < 1.29 is 39.0 Å². The van der Waals surface area contributed by atoms with E-state index in [9.17, 15) is 9.50 Å². The van der Waals surface area contributed by atoms with Crippen LogP contribution in [0.5, 0.6) is 5.75 Å². The normalized spacial score (nSPS) is 15.4. The van der Waals surface area contributed by atoms with Crippen LogP contribution in [-0.4, -0.2) is 55.4 Å². The van der Waals surface area contributed by atoms with Crippen molar-refractivity contribution in [3.8, 4) is 5.75 Å². The number of ether oxygens (including phenoxy) is 1. The summed E-state index contributed by atoms with van der Waals surface area (Å²) in [4.78, 5) is 4.45. The molecule has 2 aromatic carbocycles. The Morgan fingerprint density at radius 2 is 1.56 bits per heavy atom. The molecule has 0 aromatic heterocycles. The summed E-state index contributed by atoms with van der Waals surface area (Å²) in [5.41, 5.74) is 1.03. The fourth-order valence-electron chi connectivity index (χ4n) is 2.91. The molecule has 150 valence electrons. The molecule has 4 nitrogen and oxygen atoms in total. The minimum absolute atomic E-state index is 0. The molecule has 0 radical (unpaired) electrons. The lowest BCUT2D eigenvalue weighted by Crippen LogP contribution is -3.00. The van der Waals surface area contributed by atoms with E-state index in [0.717, 1.165) is 31.9 Å². The minimum Gasteiger partial charge on any atom is -1.00 e. The van der Waals surface area contributed by atoms with Gasteiger partial charge in [0.05, 0.1) is 0 Å². The lowest BCUT2D eigenvalue weighted by atomic mass is 10.2. The standard InChI is InChI=1S/C19H22ClFN2O2.2ClH/c20-15-1-7-19(8-2-15)25-14-18(24)13-22-9-11-23(12-10-22)17-5-3-16(21)4-6-17;;/h1-8,18,24H,9-14H2;2*1H/p-2. The Morgan fingerprint density at radius 1 is 0.963 bits per heavy atom. The van der Waals surface area contributed by atoms with Crippen molar-refractivity contribution in [2.24, 2.45) is 0 Å². The first kappa shape index (κ1) is 23.8. The zero-order chi connectivity index (χ0) is 17.6. The van der Waals surface area contributed by atoms with Crippen LogP contribution in [0, 0.1) is 5.82 Å². The summed E-state index contributed by atoms with van der Waals surface area (Å²) in [5, 5.41) is 10.8. The summed E-state index contributed by atoms with van der Waals surface area (Å²) >= 11 is 5.83. The van der Waals surface area contributed by atoms with Gasteiger partial charge in [-0.25, -0.2) is 4.39 Å².